The third-order valence-corrected chi connectivity index (χ3v) is 3.20. The van der Waals surface area contributed by atoms with E-state index in [0.717, 1.165) is 30.2 Å². The van der Waals surface area contributed by atoms with Gasteiger partial charge in [0, 0.05) is 6.21 Å². The molecular formula is C17H17N3O. The predicted molar refractivity (Wildman–Crippen MR) is 85.1 cm³/mol. The second kappa shape index (κ2) is 6.22. The summed E-state index contributed by atoms with van der Waals surface area (Å²) in [5.41, 5.74) is 2.38. The van der Waals surface area contributed by atoms with Crippen molar-refractivity contribution >= 4 is 12.6 Å². The molecule has 0 saturated heterocycles. The molecule has 3 rings (SSSR count). The normalized spacial score (nSPS) is 13.5. The first kappa shape index (κ1) is 13.4. The second-order valence-corrected chi connectivity index (χ2v) is 4.97. The lowest BCUT2D eigenvalue weighted by Crippen LogP contribution is -2.21. The first-order chi connectivity index (χ1) is 10.3. The molecule has 0 fully saturated rings. The van der Waals surface area contributed by atoms with Crippen molar-refractivity contribution in [3.05, 3.63) is 59.7 Å². The van der Waals surface area contributed by atoms with Crippen LogP contribution in [0.15, 0.2) is 58.6 Å². The molecule has 1 heterocycles. The van der Waals surface area contributed by atoms with Crippen molar-refractivity contribution in [2.24, 2.45) is 10.1 Å². The van der Waals surface area contributed by atoms with Gasteiger partial charge in [-0.05, 0) is 36.8 Å². The van der Waals surface area contributed by atoms with Crippen LogP contribution in [0.4, 0.5) is 0 Å². The maximum absolute atomic E-state index is 5.88. The van der Waals surface area contributed by atoms with Gasteiger partial charge in [0.05, 0.1) is 13.1 Å². The number of rotatable bonds is 4. The molecular weight excluding hydrogens is 262 g/mol. The van der Waals surface area contributed by atoms with Crippen LogP contribution in [0.2, 0.25) is 0 Å². The molecule has 106 valence electrons. The number of aryl methyl sites for hydroxylation is 1. The first-order valence-electron chi connectivity index (χ1n) is 6.92. The molecule has 0 unspecified atom stereocenters. The van der Waals surface area contributed by atoms with Crippen LogP contribution in [-0.2, 0) is 6.54 Å². The summed E-state index contributed by atoms with van der Waals surface area (Å²) in [6.07, 6.45) is 3.41. The van der Waals surface area contributed by atoms with Crippen molar-refractivity contribution in [3.8, 4) is 11.5 Å². The molecule has 0 atom stereocenters. The van der Waals surface area contributed by atoms with Gasteiger partial charge in [-0.25, -0.2) is 4.99 Å². The molecule has 2 aromatic carbocycles. The molecule has 1 aliphatic rings. The van der Waals surface area contributed by atoms with E-state index in [0.29, 0.717) is 0 Å². The molecule has 0 radical (unpaired) electrons. The smallest absolute Gasteiger partial charge is 0.135 e. The zero-order chi connectivity index (χ0) is 14.5. The summed E-state index contributed by atoms with van der Waals surface area (Å²) in [5, 5.41) is 6.17. The lowest BCUT2D eigenvalue weighted by Gasteiger charge is -2.18. The zero-order valence-electron chi connectivity index (χ0n) is 11.9. The summed E-state index contributed by atoms with van der Waals surface area (Å²) in [7, 11) is 0. The van der Waals surface area contributed by atoms with E-state index in [9.17, 15) is 0 Å². The molecule has 0 aromatic heterocycles. The lowest BCUT2D eigenvalue weighted by molar-refractivity contribution is 0.321. The lowest BCUT2D eigenvalue weighted by atomic mass is 10.2. The molecule has 0 spiro atoms. The molecule has 4 heteroatoms. The summed E-state index contributed by atoms with van der Waals surface area (Å²) < 4.78 is 5.88. The Bertz CT molecular complexity index is 662. The second-order valence-electron chi connectivity index (χ2n) is 4.97. The molecule has 0 N–H and O–H groups in total. The predicted octanol–water partition coefficient (Wildman–Crippen LogP) is 3.62. The van der Waals surface area contributed by atoms with Gasteiger partial charge in [0.2, 0.25) is 0 Å². The largest absolute Gasteiger partial charge is 0.457 e. The van der Waals surface area contributed by atoms with Gasteiger partial charge in [-0.15, -0.1) is 0 Å². The minimum absolute atomic E-state index is 0.736. The van der Waals surface area contributed by atoms with Crippen LogP contribution in [0.5, 0.6) is 11.5 Å². The summed E-state index contributed by atoms with van der Waals surface area (Å²) in [6.45, 7) is 3.54. The number of aliphatic imine (C=N–C) groups is 1. The van der Waals surface area contributed by atoms with Crippen molar-refractivity contribution in [1.29, 1.82) is 0 Å². The maximum atomic E-state index is 5.88. The van der Waals surface area contributed by atoms with Crippen LogP contribution >= 0.6 is 0 Å². The molecule has 2 aromatic rings. The minimum atomic E-state index is 0.736. The van der Waals surface area contributed by atoms with E-state index >= 15 is 0 Å². The summed E-state index contributed by atoms with van der Waals surface area (Å²) in [5.74, 6) is 1.69. The fourth-order valence-corrected chi connectivity index (χ4v) is 2.10. The van der Waals surface area contributed by atoms with Crippen molar-refractivity contribution in [2.45, 2.75) is 13.5 Å². The van der Waals surface area contributed by atoms with Gasteiger partial charge >= 0.3 is 0 Å². The van der Waals surface area contributed by atoms with Gasteiger partial charge in [0.1, 0.15) is 17.8 Å². The Morgan fingerprint density at radius 1 is 1.10 bits per heavy atom. The molecule has 1 aliphatic heterocycles. The van der Waals surface area contributed by atoms with E-state index in [1.165, 1.54) is 5.56 Å². The Morgan fingerprint density at radius 2 is 1.95 bits per heavy atom. The Kier molecular flexibility index (Phi) is 3.96. The highest BCUT2D eigenvalue weighted by Crippen LogP contribution is 2.23. The fourth-order valence-electron chi connectivity index (χ4n) is 2.10. The number of hydrazone groups is 1. The zero-order valence-corrected chi connectivity index (χ0v) is 11.9. The van der Waals surface area contributed by atoms with Gasteiger partial charge in [0.15, 0.2) is 0 Å². The fraction of sp³-hybridized carbons (Fsp3) is 0.176. The van der Waals surface area contributed by atoms with Gasteiger partial charge in [-0.1, -0.05) is 29.8 Å². The Balaban J connectivity index is 1.69. The Labute approximate surface area is 124 Å². The average molecular weight is 279 g/mol. The molecule has 0 aliphatic carbocycles. The number of hydrogen-bond donors (Lipinski definition) is 0. The number of ether oxygens (including phenoxy) is 1. The van der Waals surface area contributed by atoms with E-state index < -0.39 is 0 Å². The maximum Gasteiger partial charge on any atom is 0.135 e. The summed E-state index contributed by atoms with van der Waals surface area (Å²) >= 11 is 0. The SMILES string of the molecule is Cc1ccc(Oc2cccc(CN3CC=NC=N3)c2)cc1. The standard InChI is InChI=1S/C17H17N3O/c1-14-5-7-16(8-6-14)21-17-4-2-3-15(11-17)12-20-10-9-18-13-19-20/h2-9,11,13H,10,12H2,1H3. The van der Waals surface area contributed by atoms with E-state index in [1.807, 2.05) is 53.7 Å². The van der Waals surface area contributed by atoms with Crippen molar-refractivity contribution in [3.63, 3.8) is 0 Å². The van der Waals surface area contributed by atoms with Gasteiger partial charge in [-0.2, -0.15) is 5.10 Å². The highest BCUT2D eigenvalue weighted by Gasteiger charge is 2.05. The molecule has 0 bridgehead atoms. The molecule has 0 amide bonds. The summed E-state index contributed by atoms with van der Waals surface area (Å²) in [4.78, 5) is 3.97. The van der Waals surface area contributed by atoms with Crippen LogP contribution in [0.25, 0.3) is 0 Å². The third kappa shape index (κ3) is 3.69. The van der Waals surface area contributed by atoms with Crippen LogP contribution in [-0.4, -0.2) is 24.1 Å². The van der Waals surface area contributed by atoms with E-state index in [4.69, 9.17) is 4.74 Å². The van der Waals surface area contributed by atoms with Gasteiger partial charge in [-0.3, -0.25) is 5.01 Å². The van der Waals surface area contributed by atoms with E-state index in [-0.39, 0.29) is 0 Å². The van der Waals surface area contributed by atoms with Crippen LogP contribution in [0.1, 0.15) is 11.1 Å². The topological polar surface area (TPSA) is 37.2 Å². The first-order valence-corrected chi connectivity index (χ1v) is 6.92. The Hall–Kier alpha value is -2.62. The molecule has 21 heavy (non-hydrogen) atoms. The number of hydrogen-bond acceptors (Lipinski definition) is 4. The molecule has 0 saturated carbocycles. The highest BCUT2D eigenvalue weighted by atomic mass is 16.5. The van der Waals surface area contributed by atoms with Crippen LogP contribution < -0.4 is 4.74 Å². The number of nitrogens with zero attached hydrogens (tertiary/aromatic N) is 3. The highest BCUT2D eigenvalue weighted by molar-refractivity contribution is 5.75. The van der Waals surface area contributed by atoms with Gasteiger partial charge < -0.3 is 4.74 Å². The summed E-state index contributed by atoms with van der Waals surface area (Å²) in [6, 6.07) is 16.1. The van der Waals surface area contributed by atoms with Gasteiger partial charge in [0.25, 0.3) is 0 Å². The number of benzene rings is 2. The van der Waals surface area contributed by atoms with Crippen LogP contribution in [0.3, 0.4) is 0 Å². The quantitative estimate of drug-likeness (QED) is 0.857. The van der Waals surface area contributed by atoms with Crippen molar-refractivity contribution < 1.29 is 4.74 Å². The van der Waals surface area contributed by atoms with Crippen molar-refractivity contribution in [2.75, 3.05) is 6.54 Å². The van der Waals surface area contributed by atoms with Crippen molar-refractivity contribution in [1.82, 2.24) is 5.01 Å². The Morgan fingerprint density at radius 3 is 2.71 bits per heavy atom. The monoisotopic (exact) mass is 279 g/mol. The van der Waals surface area contributed by atoms with E-state index in [1.54, 1.807) is 6.34 Å². The third-order valence-electron chi connectivity index (χ3n) is 3.20. The van der Waals surface area contributed by atoms with E-state index in [2.05, 4.69) is 23.1 Å². The minimum Gasteiger partial charge on any atom is -0.457 e. The average Bonchev–Trinajstić information content (AvgIpc) is 2.51. The molecule has 4 nitrogen and oxygen atoms in total. The van der Waals surface area contributed by atoms with Crippen LogP contribution in [0, 0.1) is 6.92 Å².